The number of fused-ring (bicyclic) bond motifs is 2. The Morgan fingerprint density at radius 1 is 1.07 bits per heavy atom. The van der Waals surface area contributed by atoms with Gasteiger partial charge in [0.1, 0.15) is 23.0 Å². The molecule has 6 nitrogen and oxygen atoms in total. The predicted octanol–water partition coefficient (Wildman–Crippen LogP) is 4.71. The van der Waals surface area contributed by atoms with Crippen molar-refractivity contribution in [2.45, 2.75) is 6.54 Å². The molecule has 5 aromatic rings. The molecule has 5 rings (SSSR count). The molecule has 0 aliphatic heterocycles. The normalized spacial score (nSPS) is 11.4. The Hall–Kier alpha value is -3.52. The van der Waals surface area contributed by atoms with Crippen molar-refractivity contribution in [3.8, 4) is 11.4 Å². The second-order valence-electron chi connectivity index (χ2n) is 6.64. The monoisotopic (exact) mass is 466 g/mol. The van der Waals surface area contributed by atoms with Gasteiger partial charge in [0, 0.05) is 4.47 Å². The average molecular weight is 467 g/mol. The SMILES string of the molecule is O=c1c2cc(Br)ccc2oc2nc(-c3ccccc3F)n(Cc3ccco3)c(=O)c12. The molecule has 0 bridgehead atoms. The minimum absolute atomic E-state index is 0.0194. The Balaban J connectivity index is 1.91. The van der Waals surface area contributed by atoms with E-state index in [4.69, 9.17) is 8.83 Å². The quantitative estimate of drug-likeness (QED) is 0.359. The lowest BCUT2D eigenvalue weighted by Gasteiger charge is -2.13. The topological polar surface area (TPSA) is 78.2 Å². The van der Waals surface area contributed by atoms with Gasteiger partial charge in [0.25, 0.3) is 5.56 Å². The van der Waals surface area contributed by atoms with Crippen LogP contribution in [0, 0.1) is 5.82 Å². The maximum Gasteiger partial charge on any atom is 0.269 e. The first-order valence-electron chi connectivity index (χ1n) is 8.97. The molecule has 0 atom stereocenters. The van der Waals surface area contributed by atoms with Crippen LogP contribution in [0.1, 0.15) is 5.76 Å². The molecule has 0 radical (unpaired) electrons. The molecule has 0 fully saturated rings. The standard InChI is InChI=1S/C22H12BrFN2O4/c23-12-7-8-17-15(10-12)19(27)18-21(30-17)25-20(14-5-1-2-6-16(14)24)26(22(18)28)11-13-4-3-9-29-13/h1-10H,11H2. The van der Waals surface area contributed by atoms with E-state index in [-0.39, 0.29) is 40.0 Å². The molecular formula is C22H12BrFN2O4. The second-order valence-corrected chi connectivity index (χ2v) is 7.55. The van der Waals surface area contributed by atoms with Gasteiger partial charge in [-0.2, -0.15) is 4.98 Å². The van der Waals surface area contributed by atoms with Gasteiger partial charge in [-0.25, -0.2) is 4.39 Å². The lowest BCUT2D eigenvalue weighted by molar-refractivity contribution is 0.489. The summed E-state index contributed by atoms with van der Waals surface area (Å²) in [4.78, 5) is 30.9. The van der Waals surface area contributed by atoms with Crippen LogP contribution in [0.3, 0.4) is 0 Å². The van der Waals surface area contributed by atoms with E-state index in [2.05, 4.69) is 20.9 Å². The van der Waals surface area contributed by atoms with Gasteiger partial charge in [-0.1, -0.05) is 28.1 Å². The highest BCUT2D eigenvalue weighted by Crippen LogP contribution is 2.24. The smallest absolute Gasteiger partial charge is 0.269 e. The van der Waals surface area contributed by atoms with Crippen molar-refractivity contribution in [2.75, 3.05) is 0 Å². The van der Waals surface area contributed by atoms with Crippen molar-refractivity contribution in [3.05, 3.63) is 97.5 Å². The van der Waals surface area contributed by atoms with E-state index >= 15 is 0 Å². The predicted molar refractivity (Wildman–Crippen MR) is 113 cm³/mol. The number of hydrogen-bond donors (Lipinski definition) is 0. The number of rotatable bonds is 3. The third-order valence-electron chi connectivity index (χ3n) is 4.76. The molecule has 0 saturated carbocycles. The number of aromatic nitrogens is 2. The summed E-state index contributed by atoms with van der Waals surface area (Å²) >= 11 is 3.32. The molecule has 0 amide bonds. The van der Waals surface area contributed by atoms with Crippen LogP contribution in [-0.4, -0.2) is 9.55 Å². The first-order valence-corrected chi connectivity index (χ1v) is 9.76. The molecule has 8 heteroatoms. The van der Waals surface area contributed by atoms with Crippen LogP contribution in [0.2, 0.25) is 0 Å². The van der Waals surface area contributed by atoms with Crippen LogP contribution >= 0.6 is 15.9 Å². The summed E-state index contributed by atoms with van der Waals surface area (Å²) in [6, 6.07) is 14.2. The first-order chi connectivity index (χ1) is 14.5. The van der Waals surface area contributed by atoms with Crippen molar-refractivity contribution < 1.29 is 13.2 Å². The maximum atomic E-state index is 14.6. The van der Waals surface area contributed by atoms with E-state index in [1.807, 2.05) is 0 Å². The summed E-state index contributed by atoms with van der Waals surface area (Å²) in [7, 11) is 0. The summed E-state index contributed by atoms with van der Waals surface area (Å²) in [6.07, 6.45) is 1.47. The molecule has 148 valence electrons. The summed E-state index contributed by atoms with van der Waals surface area (Å²) < 4.78 is 27.6. The number of benzene rings is 2. The Labute approximate surface area is 176 Å². The van der Waals surface area contributed by atoms with Crippen molar-refractivity contribution in [1.82, 2.24) is 9.55 Å². The van der Waals surface area contributed by atoms with E-state index < -0.39 is 16.8 Å². The van der Waals surface area contributed by atoms with Crippen LogP contribution in [-0.2, 0) is 6.54 Å². The zero-order valence-corrected chi connectivity index (χ0v) is 16.8. The Morgan fingerprint density at radius 2 is 1.90 bits per heavy atom. The van der Waals surface area contributed by atoms with E-state index in [1.165, 1.54) is 23.0 Å². The number of halogens is 2. The average Bonchev–Trinajstić information content (AvgIpc) is 3.24. The molecule has 3 heterocycles. The lowest BCUT2D eigenvalue weighted by Crippen LogP contribution is -2.28. The van der Waals surface area contributed by atoms with Crippen LogP contribution in [0.15, 0.2) is 83.8 Å². The zero-order valence-electron chi connectivity index (χ0n) is 15.3. The van der Waals surface area contributed by atoms with E-state index in [0.717, 1.165) is 0 Å². The highest BCUT2D eigenvalue weighted by atomic mass is 79.9. The number of hydrogen-bond acceptors (Lipinski definition) is 5. The molecule has 0 unspecified atom stereocenters. The minimum atomic E-state index is -0.634. The van der Waals surface area contributed by atoms with Crippen molar-refractivity contribution in [1.29, 1.82) is 0 Å². The van der Waals surface area contributed by atoms with Gasteiger partial charge in [-0.15, -0.1) is 0 Å². The second kappa shape index (κ2) is 7.07. The third kappa shape index (κ3) is 2.96. The third-order valence-corrected chi connectivity index (χ3v) is 5.26. The molecule has 30 heavy (non-hydrogen) atoms. The van der Waals surface area contributed by atoms with Crippen molar-refractivity contribution in [2.24, 2.45) is 0 Å². The Kier molecular flexibility index (Phi) is 4.36. The Morgan fingerprint density at radius 3 is 2.67 bits per heavy atom. The fourth-order valence-corrected chi connectivity index (χ4v) is 3.72. The molecule has 0 aliphatic carbocycles. The van der Waals surface area contributed by atoms with E-state index in [1.54, 1.807) is 42.5 Å². The molecular weight excluding hydrogens is 455 g/mol. The lowest BCUT2D eigenvalue weighted by atomic mass is 10.1. The largest absolute Gasteiger partial charge is 0.467 e. The number of nitrogens with zero attached hydrogens (tertiary/aromatic N) is 2. The highest BCUT2D eigenvalue weighted by Gasteiger charge is 2.21. The van der Waals surface area contributed by atoms with Crippen molar-refractivity contribution in [3.63, 3.8) is 0 Å². The van der Waals surface area contributed by atoms with Gasteiger partial charge >= 0.3 is 0 Å². The summed E-state index contributed by atoms with van der Waals surface area (Å²) in [6.45, 7) is -0.0194. The maximum absolute atomic E-state index is 14.6. The van der Waals surface area contributed by atoms with E-state index in [9.17, 15) is 14.0 Å². The van der Waals surface area contributed by atoms with Gasteiger partial charge in [-0.3, -0.25) is 14.2 Å². The van der Waals surface area contributed by atoms with Crippen LogP contribution < -0.4 is 11.0 Å². The van der Waals surface area contributed by atoms with Crippen LogP contribution in [0.25, 0.3) is 33.5 Å². The van der Waals surface area contributed by atoms with E-state index in [0.29, 0.717) is 10.2 Å². The molecule has 3 aromatic heterocycles. The van der Waals surface area contributed by atoms with Crippen LogP contribution in [0.5, 0.6) is 0 Å². The van der Waals surface area contributed by atoms with Gasteiger partial charge in [-0.05, 0) is 42.5 Å². The molecule has 0 aliphatic rings. The van der Waals surface area contributed by atoms with Gasteiger partial charge in [0.05, 0.1) is 23.8 Å². The highest BCUT2D eigenvalue weighted by molar-refractivity contribution is 9.10. The molecule has 0 N–H and O–H groups in total. The molecule has 0 saturated heterocycles. The first kappa shape index (κ1) is 18.5. The summed E-state index contributed by atoms with van der Waals surface area (Å²) in [5, 5.41) is 0.0474. The molecule has 2 aromatic carbocycles. The van der Waals surface area contributed by atoms with Crippen LogP contribution in [0.4, 0.5) is 4.39 Å². The minimum Gasteiger partial charge on any atom is -0.467 e. The van der Waals surface area contributed by atoms with Gasteiger partial charge in [0.2, 0.25) is 11.1 Å². The van der Waals surface area contributed by atoms with Gasteiger partial charge in [0.15, 0.2) is 5.39 Å². The fourth-order valence-electron chi connectivity index (χ4n) is 3.36. The number of furan rings is 1. The zero-order chi connectivity index (χ0) is 20.8. The van der Waals surface area contributed by atoms with Gasteiger partial charge < -0.3 is 8.83 Å². The van der Waals surface area contributed by atoms with Crippen molar-refractivity contribution >= 4 is 38.0 Å². The molecule has 0 spiro atoms. The summed E-state index contributed by atoms with van der Waals surface area (Å²) in [5.74, 6) is -0.0469. The summed E-state index contributed by atoms with van der Waals surface area (Å²) in [5.41, 5.74) is -0.884. The fraction of sp³-hybridized carbons (Fsp3) is 0.0455. The Bertz CT molecular complexity index is 1540.